The Kier molecular flexibility index (Phi) is 5.65. The number of nitrogens with one attached hydrogen (secondary N) is 1. The predicted octanol–water partition coefficient (Wildman–Crippen LogP) is 0.623. The summed E-state index contributed by atoms with van der Waals surface area (Å²) in [6, 6.07) is 0.428. The Balaban J connectivity index is 2.18. The molecule has 0 radical (unpaired) electrons. The minimum absolute atomic E-state index is 0.0859. The lowest BCUT2D eigenvalue weighted by atomic mass is 10.2. The molecule has 0 aromatic rings. The van der Waals surface area contributed by atoms with Crippen molar-refractivity contribution in [3.8, 4) is 0 Å². The van der Waals surface area contributed by atoms with Crippen LogP contribution >= 0.6 is 0 Å². The van der Waals surface area contributed by atoms with E-state index in [4.69, 9.17) is 4.74 Å². The number of carbonyl (C=O) groups is 1. The van der Waals surface area contributed by atoms with Gasteiger partial charge in [0.25, 0.3) is 0 Å². The number of ether oxygens (including phenoxy) is 1. The lowest BCUT2D eigenvalue weighted by Crippen LogP contribution is -2.51. The fraction of sp³-hybridized carbons (Fsp3) is 0.909. The van der Waals surface area contributed by atoms with Gasteiger partial charge in [-0.1, -0.05) is 13.3 Å². The maximum Gasteiger partial charge on any atom is 0.320 e. The molecule has 0 amide bonds. The van der Waals surface area contributed by atoms with Crippen LogP contribution in [-0.4, -0.2) is 49.7 Å². The van der Waals surface area contributed by atoms with Crippen molar-refractivity contribution in [2.24, 2.45) is 0 Å². The van der Waals surface area contributed by atoms with Crippen molar-refractivity contribution in [1.29, 1.82) is 0 Å². The fourth-order valence-corrected chi connectivity index (χ4v) is 1.66. The van der Waals surface area contributed by atoms with Crippen molar-refractivity contribution in [3.63, 3.8) is 0 Å². The third-order valence-electron chi connectivity index (χ3n) is 2.73. The molecule has 0 unspecified atom stereocenters. The largest absolute Gasteiger partial charge is 0.465 e. The third-order valence-corrected chi connectivity index (χ3v) is 2.73. The van der Waals surface area contributed by atoms with Crippen molar-refractivity contribution in [2.75, 3.05) is 32.8 Å². The van der Waals surface area contributed by atoms with E-state index in [-0.39, 0.29) is 5.97 Å². The highest BCUT2D eigenvalue weighted by Crippen LogP contribution is 2.02. The van der Waals surface area contributed by atoms with Crippen LogP contribution in [-0.2, 0) is 9.53 Å². The van der Waals surface area contributed by atoms with Gasteiger partial charge < -0.3 is 10.1 Å². The van der Waals surface area contributed by atoms with E-state index < -0.39 is 0 Å². The summed E-state index contributed by atoms with van der Waals surface area (Å²) in [7, 11) is 0. The number of piperazine rings is 1. The minimum Gasteiger partial charge on any atom is -0.465 e. The fourth-order valence-electron chi connectivity index (χ4n) is 1.66. The van der Waals surface area contributed by atoms with Crippen molar-refractivity contribution < 1.29 is 9.53 Å². The van der Waals surface area contributed by atoms with E-state index in [9.17, 15) is 4.79 Å². The first-order valence-corrected chi connectivity index (χ1v) is 5.84. The third kappa shape index (κ3) is 4.62. The van der Waals surface area contributed by atoms with Gasteiger partial charge in [0.2, 0.25) is 0 Å². The van der Waals surface area contributed by atoms with Crippen molar-refractivity contribution >= 4 is 5.97 Å². The first-order valence-electron chi connectivity index (χ1n) is 5.84. The number of hydrogen-bond acceptors (Lipinski definition) is 4. The Morgan fingerprint density at radius 1 is 1.60 bits per heavy atom. The Morgan fingerprint density at radius 3 is 3.07 bits per heavy atom. The number of nitrogens with zero attached hydrogens (tertiary/aromatic N) is 1. The summed E-state index contributed by atoms with van der Waals surface area (Å²) in [5, 5.41) is 3.30. The van der Waals surface area contributed by atoms with Crippen LogP contribution < -0.4 is 5.32 Å². The summed E-state index contributed by atoms with van der Waals surface area (Å²) in [5.74, 6) is -0.0859. The molecule has 1 N–H and O–H groups in total. The quantitative estimate of drug-likeness (QED) is 0.538. The Morgan fingerprint density at radius 2 is 2.40 bits per heavy atom. The molecule has 0 aromatic carbocycles. The van der Waals surface area contributed by atoms with Crippen LogP contribution in [0, 0.1) is 0 Å². The molecule has 0 spiro atoms. The average Bonchev–Trinajstić information content (AvgIpc) is 2.22. The molecule has 4 heteroatoms. The second-order valence-electron chi connectivity index (χ2n) is 4.10. The van der Waals surface area contributed by atoms with E-state index in [0.29, 0.717) is 19.2 Å². The van der Waals surface area contributed by atoms with Gasteiger partial charge in [-0.25, -0.2) is 0 Å². The van der Waals surface area contributed by atoms with Gasteiger partial charge in [0.1, 0.15) is 0 Å². The van der Waals surface area contributed by atoms with Gasteiger partial charge in [-0.15, -0.1) is 0 Å². The van der Waals surface area contributed by atoms with Crippen molar-refractivity contribution in [2.45, 2.75) is 32.7 Å². The molecular formula is C11H22N2O2. The Bertz CT molecular complexity index is 197. The highest BCUT2D eigenvalue weighted by atomic mass is 16.5. The van der Waals surface area contributed by atoms with E-state index >= 15 is 0 Å². The molecule has 1 aliphatic rings. The molecule has 15 heavy (non-hydrogen) atoms. The van der Waals surface area contributed by atoms with Crippen LogP contribution in [0.15, 0.2) is 0 Å². The van der Waals surface area contributed by atoms with Crippen LogP contribution in [0.3, 0.4) is 0 Å². The SMILES string of the molecule is CCCCOC(=O)CN1CCNC[C@@H]1C. The maximum absolute atomic E-state index is 11.4. The molecule has 0 aromatic heterocycles. The molecule has 0 bridgehead atoms. The molecule has 1 atom stereocenters. The smallest absolute Gasteiger partial charge is 0.320 e. The van der Waals surface area contributed by atoms with E-state index in [0.717, 1.165) is 32.5 Å². The molecule has 0 aliphatic carbocycles. The van der Waals surface area contributed by atoms with Gasteiger partial charge in [-0.2, -0.15) is 0 Å². The number of esters is 1. The molecular weight excluding hydrogens is 192 g/mol. The summed E-state index contributed by atoms with van der Waals surface area (Å²) in [5.41, 5.74) is 0. The number of unbranched alkanes of at least 4 members (excludes halogenated alkanes) is 1. The first-order chi connectivity index (χ1) is 7.24. The first kappa shape index (κ1) is 12.5. The van der Waals surface area contributed by atoms with Crippen LogP contribution in [0.1, 0.15) is 26.7 Å². The summed E-state index contributed by atoms with van der Waals surface area (Å²) in [6.07, 6.45) is 2.03. The molecule has 1 rings (SSSR count). The number of carbonyl (C=O) groups excluding carboxylic acids is 1. The second kappa shape index (κ2) is 6.80. The molecule has 88 valence electrons. The number of rotatable bonds is 5. The van der Waals surface area contributed by atoms with Crippen LogP contribution in [0.25, 0.3) is 0 Å². The topological polar surface area (TPSA) is 41.6 Å². The summed E-state index contributed by atoms with van der Waals surface area (Å²) < 4.78 is 5.13. The van der Waals surface area contributed by atoms with Crippen molar-refractivity contribution in [1.82, 2.24) is 10.2 Å². The zero-order valence-corrected chi connectivity index (χ0v) is 9.79. The van der Waals surface area contributed by atoms with Crippen LogP contribution in [0.2, 0.25) is 0 Å². The minimum atomic E-state index is -0.0859. The molecule has 1 aliphatic heterocycles. The zero-order valence-electron chi connectivity index (χ0n) is 9.79. The van der Waals surface area contributed by atoms with Gasteiger partial charge in [0.05, 0.1) is 13.2 Å². The molecule has 1 saturated heterocycles. The second-order valence-corrected chi connectivity index (χ2v) is 4.10. The molecule has 0 saturated carbocycles. The van der Waals surface area contributed by atoms with Crippen molar-refractivity contribution in [3.05, 3.63) is 0 Å². The maximum atomic E-state index is 11.4. The predicted molar refractivity (Wildman–Crippen MR) is 59.8 cm³/mol. The number of hydrogen-bond donors (Lipinski definition) is 1. The lowest BCUT2D eigenvalue weighted by molar-refractivity contribution is -0.145. The van der Waals surface area contributed by atoms with Gasteiger partial charge in [0.15, 0.2) is 0 Å². The molecule has 1 heterocycles. The van der Waals surface area contributed by atoms with Crippen LogP contribution in [0.4, 0.5) is 0 Å². The van der Waals surface area contributed by atoms with Gasteiger partial charge in [0, 0.05) is 25.7 Å². The highest BCUT2D eigenvalue weighted by molar-refractivity contribution is 5.71. The lowest BCUT2D eigenvalue weighted by Gasteiger charge is -2.32. The highest BCUT2D eigenvalue weighted by Gasteiger charge is 2.20. The standard InChI is InChI=1S/C11H22N2O2/c1-3-4-7-15-11(14)9-13-6-5-12-8-10(13)2/h10,12H,3-9H2,1-2H3/t10-/m0/s1. The van der Waals surface area contributed by atoms with E-state index in [1.54, 1.807) is 0 Å². The van der Waals surface area contributed by atoms with Gasteiger partial charge in [-0.3, -0.25) is 9.69 Å². The van der Waals surface area contributed by atoms with E-state index in [1.165, 1.54) is 0 Å². The summed E-state index contributed by atoms with van der Waals surface area (Å²) in [4.78, 5) is 13.6. The Labute approximate surface area is 92.0 Å². The van der Waals surface area contributed by atoms with Crippen LogP contribution in [0.5, 0.6) is 0 Å². The van der Waals surface area contributed by atoms with Gasteiger partial charge in [-0.05, 0) is 13.3 Å². The average molecular weight is 214 g/mol. The van der Waals surface area contributed by atoms with Gasteiger partial charge >= 0.3 is 5.97 Å². The normalized spacial score (nSPS) is 22.7. The van der Waals surface area contributed by atoms with E-state index in [1.807, 2.05) is 0 Å². The summed E-state index contributed by atoms with van der Waals surface area (Å²) >= 11 is 0. The zero-order chi connectivity index (χ0) is 11.1. The van der Waals surface area contributed by atoms with E-state index in [2.05, 4.69) is 24.1 Å². The molecule has 4 nitrogen and oxygen atoms in total. The monoisotopic (exact) mass is 214 g/mol. The molecule has 1 fully saturated rings. The Hall–Kier alpha value is -0.610. The summed E-state index contributed by atoms with van der Waals surface area (Å²) in [6.45, 7) is 8.08.